The minimum atomic E-state index is 0.516. The number of rotatable bonds is 8. The normalized spacial score (nSPS) is 11.8. The molecule has 0 aliphatic heterocycles. The zero-order valence-electron chi connectivity index (χ0n) is 12.3. The maximum Gasteiger partial charge on any atom is 0.0178 e. The first kappa shape index (κ1) is 15.2. The number of hydrogen-bond acceptors (Lipinski definition) is 1. The maximum absolute atomic E-state index is 5.70. The van der Waals surface area contributed by atoms with Gasteiger partial charge in [0.25, 0.3) is 0 Å². The van der Waals surface area contributed by atoms with Gasteiger partial charge in [-0.3, -0.25) is 0 Å². The monoisotopic (exact) mass is 247 g/mol. The fourth-order valence-electron chi connectivity index (χ4n) is 2.94. The molecule has 2 N–H and O–H groups in total. The smallest absolute Gasteiger partial charge is 0.0178 e. The first-order chi connectivity index (χ1) is 8.63. The van der Waals surface area contributed by atoms with E-state index in [1.807, 2.05) is 0 Å². The summed E-state index contributed by atoms with van der Waals surface area (Å²) in [7, 11) is 0. The number of nitrogens with two attached hydrogens (primary N) is 1. The molecule has 0 saturated carbocycles. The van der Waals surface area contributed by atoms with Crippen LogP contribution in [0, 0.1) is 5.41 Å². The molecule has 1 aromatic rings. The summed E-state index contributed by atoms with van der Waals surface area (Å²) in [4.78, 5) is 0. The highest BCUT2D eigenvalue weighted by molar-refractivity contribution is 5.23. The molecule has 0 heterocycles. The Bertz CT molecular complexity index is 337. The molecule has 1 heteroatoms. The molecule has 1 aromatic carbocycles. The zero-order chi connectivity index (χ0) is 13.4. The van der Waals surface area contributed by atoms with Crippen LogP contribution in [0.3, 0.4) is 0 Å². The Balaban J connectivity index is 2.60. The van der Waals surface area contributed by atoms with Crippen LogP contribution < -0.4 is 5.73 Å². The Kier molecular flexibility index (Phi) is 6.42. The summed E-state index contributed by atoms with van der Waals surface area (Å²) in [5, 5.41) is 0. The maximum atomic E-state index is 5.70. The first-order valence-electron chi connectivity index (χ1n) is 7.41. The Morgan fingerprint density at radius 1 is 1.00 bits per heavy atom. The first-order valence-corrected chi connectivity index (χ1v) is 7.41. The van der Waals surface area contributed by atoms with Crippen molar-refractivity contribution in [2.75, 3.05) is 0 Å². The summed E-state index contributed by atoms with van der Waals surface area (Å²) in [5.74, 6) is 0. The molecule has 0 aliphatic rings. The van der Waals surface area contributed by atoms with Crippen LogP contribution in [-0.2, 0) is 13.0 Å². The van der Waals surface area contributed by atoms with Crippen LogP contribution in [0.15, 0.2) is 24.3 Å². The molecule has 0 radical (unpaired) electrons. The predicted molar refractivity (Wildman–Crippen MR) is 80.6 cm³/mol. The van der Waals surface area contributed by atoms with Gasteiger partial charge < -0.3 is 5.73 Å². The van der Waals surface area contributed by atoms with Gasteiger partial charge in [-0.1, -0.05) is 57.9 Å². The van der Waals surface area contributed by atoms with Crippen molar-refractivity contribution in [3.63, 3.8) is 0 Å². The average Bonchev–Trinajstić information content (AvgIpc) is 2.37. The van der Waals surface area contributed by atoms with E-state index in [1.54, 1.807) is 0 Å². The second-order valence-corrected chi connectivity index (χ2v) is 5.83. The lowest BCUT2D eigenvalue weighted by Gasteiger charge is -2.29. The van der Waals surface area contributed by atoms with Crippen molar-refractivity contribution in [1.29, 1.82) is 0 Å². The predicted octanol–water partition coefficient (Wildman–Crippen LogP) is 4.68. The van der Waals surface area contributed by atoms with Gasteiger partial charge in [-0.05, 0) is 42.2 Å². The van der Waals surface area contributed by atoms with Crippen molar-refractivity contribution >= 4 is 0 Å². The Labute approximate surface area is 113 Å². The third-order valence-corrected chi connectivity index (χ3v) is 3.95. The fourth-order valence-corrected chi connectivity index (χ4v) is 2.94. The van der Waals surface area contributed by atoms with E-state index in [4.69, 9.17) is 5.73 Å². The van der Waals surface area contributed by atoms with E-state index >= 15 is 0 Å². The lowest BCUT2D eigenvalue weighted by molar-refractivity contribution is 0.244. The van der Waals surface area contributed by atoms with E-state index < -0.39 is 0 Å². The van der Waals surface area contributed by atoms with Crippen molar-refractivity contribution in [3.05, 3.63) is 35.4 Å². The quantitative estimate of drug-likeness (QED) is 0.709. The van der Waals surface area contributed by atoms with Crippen LogP contribution >= 0.6 is 0 Å². The molecule has 0 bridgehead atoms. The molecule has 18 heavy (non-hydrogen) atoms. The molecule has 0 aliphatic carbocycles. The van der Waals surface area contributed by atoms with Gasteiger partial charge in [-0.15, -0.1) is 0 Å². The molecule has 102 valence electrons. The standard InChI is InChI=1S/C17H29N/c1-4-10-17(3,11-5-2)12-9-15-7-6-8-16(13-15)14-18/h6-8,13H,4-5,9-12,14,18H2,1-3H3. The van der Waals surface area contributed by atoms with E-state index in [2.05, 4.69) is 45.0 Å². The molecule has 0 atom stereocenters. The largest absolute Gasteiger partial charge is 0.326 e. The SMILES string of the molecule is CCCC(C)(CCC)CCc1cccc(CN)c1. The van der Waals surface area contributed by atoms with E-state index in [0.29, 0.717) is 12.0 Å². The summed E-state index contributed by atoms with van der Waals surface area (Å²) in [6, 6.07) is 8.74. The summed E-state index contributed by atoms with van der Waals surface area (Å²) >= 11 is 0. The Morgan fingerprint density at radius 2 is 1.61 bits per heavy atom. The summed E-state index contributed by atoms with van der Waals surface area (Å²) in [6.45, 7) is 7.69. The number of hydrogen-bond donors (Lipinski definition) is 1. The van der Waals surface area contributed by atoms with Crippen molar-refractivity contribution in [3.8, 4) is 0 Å². The third-order valence-electron chi connectivity index (χ3n) is 3.95. The van der Waals surface area contributed by atoms with Crippen LogP contribution in [-0.4, -0.2) is 0 Å². The van der Waals surface area contributed by atoms with Gasteiger partial charge in [0.2, 0.25) is 0 Å². The van der Waals surface area contributed by atoms with Gasteiger partial charge in [-0.25, -0.2) is 0 Å². The van der Waals surface area contributed by atoms with Gasteiger partial charge in [0.05, 0.1) is 0 Å². The Morgan fingerprint density at radius 3 is 2.17 bits per heavy atom. The second-order valence-electron chi connectivity index (χ2n) is 5.83. The lowest BCUT2D eigenvalue weighted by atomic mass is 9.77. The molecule has 0 unspecified atom stereocenters. The molecule has 0 amide bonds. The molecule has 0 spiro atoms. The fraction of sp³-hybridized carbons (Fsp3) is 0.647. The van der Waals surface area contributed by atoms with Gasteiger partial charge in [0, 0.05) is 6.54 Å². The number of benzene rings is 1. The highest BCUT2D eigenvalue weighted by Gasteiger charge is 2.21. The van der Waals surface area contributed by atoms with Crippen LogP contribution in [0.5, 0.6) is 0 Å². The van der Waals surface area contributed by atoms with Crippen molar-refractivity contribution in [1.82, 2.24) is 0 Å². The molecule has 0 saturated heterocycles. The minimum Gasteiger partial charge on any atom is -0.326 e. The second kappa shape index (κ2) is 7.58. The van der Waals surface area contributed by atoms with Crippen LogP contribution in [0.2, 0.25) is 0 Å². The number of aryl methyl sites for hydroxylation is 1. The Hall–Kier alpha value is -0.820. The van der Waals surface area contributed by atoms with Gasteiger partial charge in [0.15, 0.2) is 0 Å². The van der Waals surface area contributed by atoms with Gasteiger partial charge >= 0.3 is 0 Å². The molecular weight excluding hydrogens is 218 g/mol. The van der Waals surface area contributed by atoms with Crippen molar-refractivity contribution in [2.24, 2.45) is 11.1 Å². The van der Waals surface area contributed by atoms with E-state index in [-0.39, 0.29) is 0 Å². The topological polar surface area (TPSA) is 26.0 Å². The van der Waals surface area contributed by atoms with Crippen molar-refractivity contribution < 1.29 is 0 Å². The third kappa shape index (κ3) is 4.81. The summed E-state index contributed by atoms with van der Waals surface area (Å²) in [6.07, 6.45) is 7.75. The molecule has 1 nitrogen and oxygen atoms in total. The lowest BCUT2D eigenvalue weighted by Crippen LogP contribution is -2.17. The average molecular weight is 247 g/mol. The van der Waals surface area contributed by atoms with Crippen LogP contribution in [0.1, 0.15) is 64.0 Å². The van der Waals surface area contributed by atoms with Crippen LogP contribution in [0.4, 0.5) is 0 Å². The van der Waals surface area contributed by atoms with E-state index in [1.165, 1.54) is 49.7 Å². The molecule has 0 aromatic heterocycles. The molecular formula is C17H29N. The molecule has 1 rings (SSSR count). The van der Waals surface area contributed by atoms with Crippen LogP contribution in [0.25, 0.3) is 0 Å². The highest BCUT2D eigenvalue weighted by atomic mass is 14.5. The minimum absolute atomic E-state index is 0.516. The van der Waals surface area contributed by atoms with Crippen molar-refractivity contribution in [2.45, 2.75) is 65.8 Å². The summed E-state index contributed by atoms with van der Waals surface area (Å²) in [5.41, 5.74) is 8.90. The molecule has 0 fully saturated rings. The van der Waals surface area contributed by atoms with E-state index in [0.717, 1.165) is 0 Å². The summed E-state index contributed by atoms with van der Waals surface area (Å²) < 4.78 is 0. The highest BCUT2D eigenvalue weighted by Crippen LogP contribution is 2.34. The van der Waals surface area contributed by atoms with Gasteiger partial charge in [-0.2, -0.15) is 0 Å². The zero-order valence-corrected chi connectivity index (χ0v) is 12.3. The van der Waals surface area contributed by atoms with E-state index in [9.17, 15) is 0 Å². The van der Waals surface area contributed by atoms with Gasteiger partial charge in [0.1, 0.15) is 0 Å².